The van der Waals surface area contributed by atoms with Crippen LogP contribution in [0.25, 0.3) is 5.78 Å². The summed E-state index contributed by atoms with van der Waals surface area (Å²) < 4.78 is 33.8. The van der Waals surface area contributed by atoms with Gasteiger partial charge < -0.3 is 24.4 Å². The fourth-order valence-corrected chi connectivity index (χ4v) is 3.99. The van der Waals surface area contributed by atoms with Crippen molar-refractivity contribution in [1.29, 1.82) is 0 Å². The number of amides is 1. The summed E-state index contributed by atoms with van der Waals surface area (Å²) in [6, 6.07) is 0. The van der Waals surface area contributed by atoms with Crippen molar-refractivity contribution in [2.24, 2.45) is 0 Å². The lowest BCUT2D eigenvalue weighted by molar-refractivity contribution is 0.0240. The lowest BCUT2D eigenvalue weighted by atomic mass is 10.2. The Balaban J connectivity index is 1.57. The van der Waals surface area contributed by atoms with Gasteiger partial charge in [0.15, 0.2) is 12.3 Å². The zero-order chi connectivity index (χ0) is 23.2. The van der Waals surface area contributed by atoms with E-state index in [1.54, 1.807) is 4.90 Å². The molecule has 2 aromatic rings. The summed E-state index contributed by atoms with van der Waals surface area (Å²) in [4.78, 5) is 38.0. The zero-order valence-corrected chi connectivity index (χ0v) is 18.8. The van der Waals surface area contributed by atoms with Gasteiger partial charge in [0.05, 0.1) is 13.1 Å². The molecular weight excluding hydrogens is 424 g/mol. The van der Waals surface area contributed by atoms with Gasteiger partial charge >= 0.3 is 6.09 Å². The van der Waals surface area contributed by atoms with Crippen molar-refractivity contribution < 1.29 is 18.3 Å². The van der Waals surface area contributed by atoms with Gasteiger partial charge in [-0.25, -0.2) is 13.6 Å². The standard InChI is InChI=1S/C20H29F2N7O3/c1-5-14-15(26-6-8-27(9-7-26)19(31)32-20(2,3)4)16(30)29-17(23-14)24-18(25-29)28-10-12(21)13(22)11-28/h12-13H,5-11H2,1-4H3,(H,23,24,25)/t12-,13+. The predicted octanol–water partition coefficient (Wildman–Crippen LogP) is 1.53. The molecule has 2 fully saturated rings. The van der Waals surface area contributed by atoms with Crippen LogP contribution >= 0.6 is 0 Å². The maximum Gasteiger partial charge on any atom is 0.410 e. The molecule has 10 nitrogen and oxygen atoms in total. The quantitative estimate of drug-likeness (QED) is 0.753. The number of carbonyl (C=O) groups excluding carboxylic acids is 1. The van der Waals surface area contributed by atoms with Crippen molar-refractivity contribution in [1.82, 2.24) is 24.5 Å². The summed E-state index contributed by atoms with van der Waals surface area (Å²) in [7, 11) is 0. The Bertz CT molecular complexity index is 1050. The van der Waals surface area contributed by atoms with Gasteiger partial charge in [-0.1, -0.05) is 6.92 Å². The lowest BCUT2D eigenvalue weighted by Gasteiger charge is -2.36. The molecule has 4 heterocycles. The number of aromatic nitrogens is 4. The number of aryl methyl sites for hydroxylation is 1. The highest BCUT2D eigenvalue weighted by molar-refractivity contribution is 5.68. The molecule has 2 aliphatic heterocycles. The summed E-state index contributed by atoms with van der Waals surface area (Å²) >= 11 is 0. The highest BCUT2D eigenvalue weighted by Crippen LogP contribution is 2.23. The number of carbonyl (C=O) groups is 1. The molecule has 2 aliphatic rings. The molecule has 0 saturated carbocycles. The summed E-state index contributed by atoms with van der Waals surface area (Å²) in [5.41, 5.74) is 0.234. The number of nitrogens with one attached hydrogen (secondary N) is 1. The SMILES string of the molecule is CCc1[nH]c2nc(N3C[C@@H](F)[C@@H](F)C3)nn2c(=O)c1N1CCN(C(=O)OC(C)(C)C)CC1. The number of hydrogen-bond acceptors (Lipinski definition) is 7. The van der Waals surface area contributed by atoms with Crippen LogP contribution in [-0.2, 0) is 11.2 Å². The number of hydrogen-bond donors (Lipinski definition) is 1. The fraction of sp³-hybridized carbons (Fsp3) is 0.700. The van der Waals surface area contributed by atoms with E-state index in [0.29, 0.717) is 44.0 Å². The molecule has 32 heavy (non-hydrogen) atoms. The van der Waals surface area contributed by atoms with Gasteiger partial charge in [-0.05, 0) is 27.2 Å². The molecule has 0 unspecified atom stereocenters. The van der Waals surface area contributed by atoms with Gasteiger partial charge in [0.25, 0.3) is 5.56 Å². The van der Waals surface area contributed by atoms with Crippen molar-refractivity contribution in [3.63, 3.8) is 0 Å². The average Bonchev–Trinajstić information content (AvgIpc) is 3.30. The van der Waals surface area contributed by atoms with Crippen LogP contribution in [0.3, 0.4) is 0 Å². The first-order chi connectivity index (χ1) is 15.1. The molecule has 0 aliphatic carbocycles. The molecule has 12 heteroatoms. The van der Waals surface area contributed by atoms with E-state index >= 15 is 0 Å². The largest absolute Gasteiger partial charge is 0.444 e. The number of halogens is 2. The number of fused-ring (bicyclic) bond motifs is 1. The number of nitrogens with zero attached hydrogens (tertiary/aromatic N) is 6. The molecule has 0 radical (unpaired) electrons. The van der Waals surface area contributed by atoms with Gasteiger partial charge in [0.1, 0.15) is 11.3 Å². The molecule has 2 atom stereocenters. The summed E-state index contributed by atoms with van der Waals surface area (Å²) in [5.74, 6) is 0.353. The minimum atomic E-state index is -1.60. The van der Waals surface area contributed by atoms with E-state index in [9.17, 15) is 18.4 Å². The Morgan fingerprint density at radius 1 is 1.12 bits per heavy atom. The topological polar surface area (TPSA) is 99.1 Å². The zero-order valence-electron chi connectivity index (χ0n) is 18.8. The number of anilines is 2. The number of H-pyrrole nitrogens is 1. The molecule has 2 saturated heterocycles. The molecule has 0 spiro atoms. The minimum absolute atomic E-state index is 0.120. The highest BCUT2D eigenvalue weighted by Gasteiger charge is 2.35. The predicted molar refractivity (Wildman–Crippen MR) is 115 cm³/mol. The van der Waals surface area contributed by atoms with Crippen LogP contribution in [0.5, 0.6) is 0 Å². The van der Waals surface area contributed by atoms with Gasteiger partial charge in [0, 0.05) is 31.9 Å². The first-order valence-corrected chi connectivity index (χ1v) is 10.8. The molecule has 4 rings (SSSR count). The third-order valence-corrected chi connectivity index (χ3v) is 5.61. The second-order valence-electron chi connectivity index (χ2n) is 9.15. The van der Waals surface area contributed by atoms with Gasteiger partial charge in [-0.3, -0.25) is 4.79 Å². The van der Waals surface area contributed by atoms with Gasteiger partial charge in [-0.15, -0.1) is 5.10 Å². The van der Waals surface area contributed by atoms with Gasteiger partial charge in [-0.2, -0.15) is 9.50 Å². The third-order valence-electron chi connectivity index (χ3n) is 5.61. The Hall–Kier alpha value is -2.92. The monoisotopic (exact) mass is 453 g/mol. The molecule has 0 aromatic carbocycles. The summed E-state index contributed by atoms with van der Waals surface area (Å²) in [5, 5.41) is 4.22. The first-order valence-electron chi connectivity index (χ1n) is 10.8. The third kappa shape index (κ3) is 4.22. The van der Waals surface area contributed by atoms with Crippen LogP contribution < -0.4 is 15.4 Å². The maximum absolute atomic E-state index is 13.6. The van der Waals surface area contributed by atoms with Crippen LogP contribution in [-0.4, -0.2) is 87.8 Å². The number of piperazine rings is 1. The summed E-state index contributed by atoms with van der Waals surface area (Å²) in [6.07, 6.45) is -3.01. The second kappa shape index (κ2) is 8.21. The van der Waals surface area contributed by atoms with Crippen molar-refractivity contribution in [2.45, 2.75) is 52.1 Å². The number of ether oxygens (including phenoxy) is 1. The highest BCUT2D eigenvalue weighted by atomic mass is 19.2. The molecule has 1 N–H and O–H groups in total. The fourth-order valence-electron chi connectivity index (χ4n) is 3.99. The number of alkyl halides is 2. The molecular formula is C20H29F2N7O3. The van der Waals surface area contributed by atoms with E-state index in [-0.39, 0.29) is 36.5 Å². The molecule has 1 amide bonds. The smallest absolute Gasteiger partial charge is 0.410 e. The lowest BCUT2D eigenvalue weighted by Crippen LogP contribution is -2.51. The van der Waals surface area contributed by atoms with Crippen LogP contribution in [0.15, 0.2) is 4.79 Å². The maximum atomic E-state index is 13.6. The van der Waals surface area contributed by atoms with Crippen molar-refractivity contribution in [3.05, 3.63) is 16.0 Å². The molecule has 176 valence electrons. The van der Waals surface area contributed by atoms with Crippen LogP contribution in [0.1, 0.15) is 33.4 Å². The Kier molecular flexibility index (Phi) is 5.72. The van der Waals surface area contributed by atoms with E-state index in [1.807, 2.05) is 32.6 Å². The van der Waals surface area contributed by atoms with Crippen LogP contribution in [0.4, 0.5) is 25.2 Å². The summed E-state index contributed by atoms with van der Waals surface area (Å²) in [6.45, 7) is 8.84. The molecule has 0 bridgehead atoms. The first kappa shape index (κ1) is 22.3. The van der Waals surface area contributed by atoms with E-state index in [1.165, 1.54) is 4.90 Å². The second-order valence-corrected chi connectivity index (χ2v) is 9.15. The average molecular weight is 453 g/mol. The number of aromatic amines is 1. The van der Waals surface area contributed by atoms with E-state index < -0.39 is 17.9 Å². The Labute approximate surface area is 184 Å². The Morgan fingerprint density at radius 2 is 1.75 bits per heavy atom. The van der Waals surface area contributed by atoms with Crippen molar-refractivity contribution >= 4 is 23.5 Å². The van der Waals surface area contributed by atoms with Crippen molar-refractivity contribution in [2.75, 3.05) is 49.1 Å². The van der Waals surface area contributed by atoms with E-state index in [0.717, 1.165) is 4.52 Å². The van der Waals surface area contributed by atoms with Crippen LogP contribution in [0, 0.1) is 0 Å². The minimum Gasteiger partial charge on any atom is -0.444 e. The van der Waals surface area contributed by atoms with Gasteiger partial charge in [0.2, 0.25) is 11.7 Å². The normalized spacial score (nSPS) is 22.1. The van der Waals surface area contributed by atoms with Crippen molar-refractivity contribution in [3.8, 4) is 0 Å². The molecule has 2 aromatic heterocycles. The van der Waals surface area contributed by atoms with E-state index in [4.69, 9.17) is 4.74 Å². The van der Waals surface area contributed by atoms with Crippen LogP contribution in [0.2, 0.25) is 0 Å². The Morgan fingerprint density at radius 3 is 2.31 bits per heavy atom. The number of rotatable bonds is 3. The van der Waals surface area contributed by atoms with E-state index in [2.05, 4.69) is 15.1 Å².